The zero-order chi connectivity index (χ0) is 20.1. The molecule has 28 heavy (non-hydrogen) atoms. The molecule has 0 spiro atoms. The predicted octanol–water partition coefficient (Wildman–Crippen LogP) is 3.92. The van der Waals surface area contributed by atoms with Crippen LogP contribution in [0.15, 0.2) is 48.5 Å². The number of para-hydroxylation sites is 1. The van der Waals surface area contributed by atoms with E-state index in [4.69, 9.17) is 0 Å². The van der Waals surface area contributed by atoms with Crippen molar-refractivity contribution >= 4 is 11.7 Å². The second kappa shape index (κ2) is 8.50. The van der Waals surface area contributed by atoms with Crippen molar-refractivity contribution in [3.05, 3.63) is 65.5 Å². The highest BCUT2D eigenvalue weighted by Gasteiger charge is 2.35. The summed E-state index contributed by atoms with van der Waals surface area (Å²) in [5.41, 5.74) is -0.0104. The van der Waals surface area contributed by atoms with Crippen molar-refractivity contribution in [2.75, 3.05) is 37.6 Å². The third-order valence-corrected chi connectivity index (χ3v) is 4.75. The van der Waals surface area contributed by atoms with Gasteiger partial charge in [0.15, 0.2) is 0 Å². The Hall–Kier alpha value is -2.77. The molecule has 0 saturated carbocycles. The number of alkyl halides is 3. The van der Waals surface area contributed by atoms with E-state index in [1.807, 2.05) is 0 Å². The number of hydrogen-bond donors (Lipinski definition) is 1. The summed E-state index contributed by atoms with van der Waals surface area (Å²) < 4.78 is 53.1. The van der Waals surface area contributed by atoms with E-state index in [-0.39, 0.29) is 24.1 Å². The van der Waals surface area contributed by atoms with Crippen molar-refractivity contribution in [2.45, 2.75) is 12.6 Å². The predicted molar refractivity (Wildman–Crippen MR) is 98.7 cm³/mol. The number of benzene rings is 2. The Kier molecular flexibility index (Phi) is 6.06. The van der Waals surface area contributed by atoms with Gasteiger partial charge >= 0.3 is 12.2 Å². The molecular weight excluding hydrogens is 374 g/mol. The maximum Gasteiger partial charge on any atom is 0.418 e. The standard InChI is InChI=1S/C20H21F4N3O/c21-17-7-3-1-5-15(17)9-10-25-19(28)27-13-11-26(12-14-27)18-8-4-2-6-16(18)20(22,23)24/h1-8H,9-14H2,(H,25,28). The highest BCUT2D eigenvalue weighted by molar-refractivity contribution is 5.74. The maximum absolute atomic E-state index is 13.6. The summed E-state index contributed by atoms with van der Waals surface area (Å²) >= 11 is 0. The quantitative estimate of drug-likeness (QED) is 0.797. The van der Waals surface area contributed by atoms with E-state index in [9.17, 15) is 22.4 Å². The molecule has 150 valence electrons. The average Bonchev–Trinajstić information content (AvgIpc) is 2.69. The van der Waals surface area contributed by atoms with Crippen molar-refractivity contribution < 1.29 is 22.4 Å². The summed E-state index contributed by atoms with van der Waals surface area (Å²) in [6, 6.07) is 11.5. The van der Waals surface area contributed by atoms with Gasteiger partial charge in [-0.1, -0.05) is 30.3 Å². The molecule has 4 nitrogen and oxygen atoms in total. The summed E-state index contributed by atoms with van der Waals surface area (Å²) in [5.74, 6) is -0.311. The average molecular weight is 395 g/mol. The van der Waals surface area contributed by atoms with E-state index in [0.29, 0.717) is 38.2 Å². The molecule has 0 bridgehead atoms. The molecule has 0 aliphatic carbocycles. The molecule has 0 atom stereocenters. The lowest BCUT2D eigenvalue weighted by Gasteiger charge is -2.37. The van der Waals surface area contributed by atoms with Crippen LogP contribution in [-0.4, -0.2) is 43.7 Å². The number of rotatable bonds is 4. The van der Waals surface area contributed by atoms with Gasteiger partial charge in [-0.15, -0.1) is 0 Å². The molecule has 3 rings (SSSR count). The van der Waals surface area contributed by atoms with Crippen molar-refractivity contribution in [1.82, 2.24) is 10.2 Å². The second-order valence-corrected chi connectivity index (χ2v) is 6.56. The monoisotopic (exact) mass is 395 g/mol. The van der Waals surface area contributed by atoms with Gasteiger partial charge in [-0.05, 0) is 30.2 Å². The largest absolute Gasteiger partial charge is 0.418 e. The van der Waals surface area contributed by atoms with Crippen LogP contribution in [0.5, 0.6) is 0 Å². The second-order valence-electron chi connectivity index (χ2n) is 6.56. The molecule has 2 aromatic rings. The molecule has 2 aromatic carbocycles. The molecule has 1 saturated heterocycles. The van der Waals surface area contributed by atoms with E-state index in [1.165, 1.54) is 18.2 Å². The highest BCUT2D eigenvalue weighted by Crippen LogP contribution is 2.36. The summed E-state index contributed by atoms with van der Waals surface area (Å²) in [5, 5.41) is 2.74. The van der Waals surface area contributed by atoms with Gasteiger partial charge in [0, 0.05) is 38.4 Å². The molecule has 2 amide bonds. The SMILES string of the molecule is O=C(NCCc1ccccc1F)N1CCN(c2ccccc2C(F)(F)F)CC1. The Morgan fingerprint density at radius 2 is 1.61 bits per heavy atom. The van der Waals surface area contributed by atoms with Crippen LogP contribution in [0.25, 0.3) is 0 Å². The first-order valence-corrected chi connectivity index (χ1v) is 9.03. The number of carbonyl (C=O) groups is 1. The topological polar surface area (TPSA) is 35.6 Å². The van der Waals surface area contributed by atoms with E-state index in [2.05, 4.69) is 5.32 Å². The Morgan fingerprint density at radius 1 is 0.964 bits per heavy atom. The summed E-state index contributed by atoms with van der Waals surface area (Å²) in [4.78, 5) is 15.5. The van der Waals surface area contributed by atoms with Gasteiger partial charge in [0.25, 0.3) is 0 Å². The van der Waals surface area contributed by atoms with Gasteiger partial charge in [0.05, 0.1) is 5.56 Å². The van der Waals surface area contributed by atoms with Gasteiger partial charge in [0.1, 0.15) is 5.82 Å². The molecule has 1 N–H and O–H groups in total. The van der Waals surface area contributed by atoms with Crippen molar-refractivity contribution in [3.63, 3.8) is 0 Å². The number of nitrogens with one attached hydrogen (secondary N) is 1. The van der Waals surface area contributed by atoms with Gasteiger partial charge in [-0.2, -0.15) is 13.2 Å². The van der Waals surface area contributed by atoms with Crippen LogP contribution in [-0.2, 0) is 12.6 Å². The van der Waals surface area contributed by atoms with E-state index < -0.39 is 11.7 Å². The van der Waals surface area contributed by atoms with Crippen LogP contribution >= 0.6 is 0 Å². The van der Waals surface area contributed by atoms with Gasteiger partial charge < -0.3 is 15.1 Å². The Bertz CT molecular complexity index is 817. The Balaban J connectivity index is 1.52. The molecule has 1 aliphatic rings. The molecular formula is C20H21F4N3O. The third kappa shape index (κ3) is 4.74. The fraction of sp³-hybridized carbons (Fsp3) is 0.350. The van der Waals surface area contributed by atoms with Crippen LogP contribution in [0.3, 0.4) is 0 Å². The Labute approximate surface area is 160 Å². The van der Waals surface area contributed by atoms with Gasteiger partial charge in [-0.3, -0.25) is 0 Å². The number of nitrogens with zero attached hydrogens (tertiary/aromatic N) is 2. The number of urea groups is 1. The first-order valence-electron chi connectivity index (χ1n) is 9.03. The summed E-state index contributed by atoms with van der Waals surface area (Å²) in [6.45, 7) is 1.55. The Morgan fingerprint density at radius 3 is 2.29 bits per heavy atom. The molecule has 1 heterocycles. The van der Waals surface area contributed by atoms with Crippen molar-refractivity contribution in [2.24, 2.45) is 0 Å². The molecule has 0 aromatic heterocycles. The normalized spacial score (nSPS) is 14.9. The third-order valence-electron chi connectivity index (χ3n) is 4.75. The van der Waals surface area contributed by atoms with Crippen LogP contribution < -0.4 is 10.2 Å². The summed E-state index contributed by atoms with van der Waals surface area (Å²) in [7, 11) is 0. The van der Waals surface area contributed by atoms with Crippen LogP contribution in [0.4, 0.5) is 28.0 Å². The zero-order valence-electron chi connectivity index (χ0n) is 15.2. The number of hydrogen-bond acceptors (Lipinski definition) is 2. The van der Waals surface area contributed by atoms with Crippen LogP contribution in [0.2, 0.25) is 0 Å². The number of amides is 2. The van der Waals surface area contributed by atoms with Crippen LogP contribution in [0.1, 0.15) is 11.1 Å². The van der Waals surface area contributed by atoms with E-state index in [1.54, 1.807) is 34.1 Å². The maximum atomic E-state index is 13.6. The fourth-order valence-electron chi connectivity index (χ4n) is 3.26. The number of anilines is 1. The first kappa shape index (κ1) is 20.0. The minimum Gasteiger partial charge on any atom is -0.367 e. The highest BCUT2D eigenvalue weighted by atomic mass is 19.4. The van der Waals surface area contributed by atoms with Gasteiger partial charge in [-0.25, -0.2) is 9.18 Å². The van der Waals surface area contributed by atoms with Gasteiger partial charge in [0.2, 0.25) is 0 Å². The lowest BCUT2D eigenvalue weighted by molar-refractivity contribution is -0.137. The van der Waals surface area contributed by atoms with Crippen LogP contribution in [0, 0.1) is 5.82 Å². The lowest BCUT2D eigenvalue weighted by atomic mass is 10.1. The summed E-state index contributed by atoms with van der Waals surface area (Å²) in [6.07, 6.45) is -4.05. The number of halogens is 4. The molecule has 1 aliphatic heterocycles. The molecule has 0 unspecified atom stereocenters. The molecule has 0 radical (unpaired) electrons. The minimum absolute atomic E-state index is 0.134. The fourth-order valence-corrected chi connectivity index (χ4v) is 3.26. The molecule has 8 heteroatoms. The van der Waals surface area contributed by atoms with Crippen molar-refractivity contribution in [1.29, 1.82) is 0 Å². The minimum atomic E-state index is -4.42. The lowest BCUT2D eigenvalue weighted by Crippen LogP contribution is -2.52. The van der Waals surface area contributed by atoms with E-state index >= 15 is 0 Å². The first-order chi connectivity index (χ1) is 13.4. The van der Waals surface area contributed by atoms with E-state index in [0.717, 1.165) is 6.07 Å². The number of piperazine rings is 1. The zero-order valence-corrected chi connectivity index (χ0v) is 15.2. The number of carbonyl (C=O) groups excluding carboxylic acids is 1. The smallest absolute Gasteiger partial charge is 0.367 e. The van der Waals surface area contributed by atoms with Crippen molar-refractivity contribution in [3.8, 4) is 0 Å². The molecule has 1 fully saturated rings.